The van der Waals surface area contributed by atoms with Crippen molar-refractivity contribution in [3.8, 4) is 34.5 Å². The van der Waals surface area contributed by atoms with Gasteiger partial charge in [-0.3, -0.25) is 0 Å². The van der Waals surface area contributed by atoms with E-state index in [1.54, 1.807) is 0 Å². The van der Waals surface area contributed by atoms with Gasteiger partial charge in [-0.15, -0.1) is 0 Å². The van der Waals surface area contributed by atoms with Crippen molar-refractivity contribution in [1.82, 2.24) is 15.0 Å². The summed E-state index contributed by atoms with van der Waals surface area (Å²) in [7, 11) is 0. The van der Waals surface area contributed by atoms with E-state index < -0.39 is 0 Å². The van der Waals surface area contributed by atoms with Gasteiger partial charge in [-0.05, 0) is 32.4 Å². The summed E-state index contributed by atoms with van der Waals surface area (Å²) in [6, 6.07) is 24.4. The number of rotatable bonds is 4. The molecule has 138 valence electrons. The fourth-order valence-corrected chi connectivity index (χ4v) is 2.83. The number of nitrogens with zero attached hydrogens (tertiary/aromatic N) is 3. The van der Waals surface area contributed by atoms with Gasteiger partial charge < -0.3 is 4.74 Å². The van der Waals surface area contributed by atoms with Gasteiger partial charge in [-0.2, -0.15) is 9.97 Å². The zero-order chi connectivity index (χ0) is 19.5. The number of para-hydroxylation sites is 1. The molecule has 0 spiro atoms. The van der Waals surface area contributed by atoms with E-state index in [0.29, 0.717) is 11.6 Å². The van der Waals surface area contributed by atoms with Crippen molar-refractivity contribution in [2.75, 3.05) is 0 Å². The van der Waals surface area contributed by atoms with Crippen LogP contribution in [0.4, 0.5) is 0 Å². The van der Waals surface area contributed by atoms with Gasteiger partial charge in [0.1, 0.15) is 5.75 Å². The van der Waals surface area contributed by atoms with Crippen LogP contribution in [0.1, 0.15) is 16.7 Å². The molecule has 28 heavy (non-hydrogen) atoms. The number of aromatic nitrogens is 3. The molecule has 0 aliphatic heterocycles. The lowest BCUT2D eigenvalue weighted by atomic mass is 10.1. The van der Waals surface area contributed by atoms with E-state index in [2.05, 4.69) is 23.8 Å². The lowest BCUT2D eigenvalue weighted by molar-refractivity contribution is 0.438. The van der Waals surface area contributed by atoms with E-state index in [1.807, 2.05) is 79.7 Å². The van der Waals surface area contributed by atoms with Crippen molar-refractivity contribution < 1.29 is 4.74 Å². The van der Waals surface area contributed by atoms with E-state index >= 15 is 0 Å². The summed E-state index contributed by atoms with van der Waals surface area (Å²) in [6.07, 6.45) is 0. The van der Waals surface area contributed by atoms with Crippen molar-refractivity contribution in [3.05, 3.63) is 89.5 Å². The van der Waals surface area contributed by atoms with Gasteiger partial charge in [-0.1, -0.05) is 77.9 Å². The summed E-state index contributed by atoms with van der Waals surface area (Å²) in [5.74, 6) is 1.92. The minimum absolute atomic E-state index is 0.287. The van der Waals surface area contributed by atoms with E-state index in [-0.39, 0.29) is 6.01 Å². The maximum atomic E-state index is 6.02. The first kappa shape index (κ1) is 17.9. The number of ether oxygens (including phenoxy) is 1. The summed E-state index contributed by atoms with van der Waals surface area (Å²) < 4.78 is 6.02. The highest BCUT2D eigenvalue weighted by molar-refractivity contribution is 5.62. The van der Waals surface area contributed by atoms with Crippen LogP contribution in [0.5, 0.6) is 11.8 Å². The minimum Gasteiger partial charge on any atom is -0.424 e. The number of aryl methyl sites for hydroxylation is 3. The lowest BCUT2D eigenvalue weighted by Gasteiger charge is -2.10. The Hall–Kier alpha value is -3.53. The van der Waals surface area contributed by atoms with Gasteiger partial charge >= 0.3 is 6.01 Å². The third kappa shape index (κ3) is 3.91. The number of hydrogen-bond acceptors (Lipinski definition) is 4. The maximum Gasteiger partial charge on any atom is 0.326 e. The van der Waals surface area contributed by atoms with E-state index in [4.69, 9.17) is 9.72 Å². The highest BCUT2D eigenvalue weighted by Gasteiger charge is 2.13. The van der Waals surface area contributed by atoms with Crippen molar-refractivity contribution >= 4 is 0 Å². The third-order valence-corrected chi connectivity index (χ3v) is 4.53. The maximum absolute atomic E-state index is 6.02. The zero-order valence-corrected chi connectivity index (χ0v) is 16.2. The first-order valence-electron chi connectivity index (χ1n) is 9.22. The van der Waals surface area contributed by atoms with Gasteiger partial charge in [0.05, 0.1) is 0 Å². The Labute approximate surface area is 164 Å². The topological polar surface area (TPSA) is 47.9 Å². The highest BCUT2D eigenvalue weighted by atomic mass is 16.5. The molecule has 0 radical (unpaired) electrons. The molecular weight excluding hydrogens is 346 g/mol. The summed E-state index contributed by atoms with van der Waals surface area (Å²) in [6.45, 7) is 6.11. The number of hydrogen-bond donors (Lipinski definition) is 0. The van der Waals surface area contributed by atoms with Gasteiger partial charge in [0.15, 0.2) is 11.6 Å². The molecule has 4 rings (SSSR count). The molecule has 0 amide bonds. The largest absolute Gasteiger partial charge is 0.424 e. The van der Waals surface area contributed by atoms with Crippen LogP contribution >= 0.6 is 0 Å². The van der Waals surface area contributed by atoms with Crippen LogP contribution in [0.15, 0.2) is 72.8 Å². The van der Waals surface area contributed by atoms with Crippen LogP contribution in [0.2, 0.25) is 0 Å². The predicted octanol–water partition coefficient (Wildman–Crippen LogP) is 5.92. The second kappa shape index (κ2) is 7.61. The third-order valence-electron chi connectivity index (χ3n) is 4.53. The summed E-state index contributed by atoms with van der Waals surface area (Å²) in [5.41, 5.74) is 5.25. The quantitative estimate of drug-likeness (QED) is 0.449. The van der Waals surface area contributed by atoms with E-state index in [1.165, 1.54) is 11.1 Å². The smallest absolute Gasteiger partial charge is 0.326 e. The molecule has 0 N–H and O–H groups in total. The molecule has 0 fully saturated rings. The lowest BCUT2D eigenvalue weighted by Crippen LogP contribution is -2.01. The van der Waals surface area contributed by atoms with Crippen molar-refractivity contribution in [2.45, 2.75) is 20.8 Å². The monoisotopic (exact) mass is 367 g/mol. The van der Waals surface area contributed by atoms with Crippen molar-refractivity contribution in [3.63, 3.8) is 0 Å². The SMILES string of the molecule is Cc1ccc(-c2nc(Oc3ccccc3C)nc(-c3ccc(C)cc3)n2)cc1. The van der Waals surface area contributed by atoms with Crippen molar-refractivity contribution in [1.29, 1.82) is 0 Å². The van der Waals surface area contributed by atoms with Crippen LogP contribution in [0.3, 0.4) is 0 Å². The molecule has 4 nitrogen and oxygen atoms in total. The molecule has 1 aromatic heterocycles. The molecule has 0 aliphatic rings. The molecule has 4 aromatic rings. The second-order valence-corrected chi connectivity index (χ2v) is 6.86. The Bertz CT molecular complexity index is 1040. The average molecular weight is 367 g/mol. The van der Waals surface area contributed by atoms with E-state index in [9.17, 15) is 0 Å². The normalized spacial score (nSPS) is 10.7. The molecule has 0 aliphatic carbocycles. The highest BCUT2D eigenvalue weighted by Crippen LogP contribution is 2.27. The fourth-order valence-electron chi connectivity index (χ4n) is 2.83. The molecule has 0 saturated carbocycles. The molecule has 0 saturated heterocycles. The Balaban J connectivity index is 1.81. The summed E-state index contributed by atoms with van der Waals surface area (Å²) in [5, 5.41) is 0. The van der Waals surface area contributed by atoms with Crippen LogP contribution in [-0.2, 0) is 0 Å². The van der Waals surface area contributed by atoms with E-state index in [0.717, 1.165) is 22.4 Å². The summed E-state index contributed by atoms with van der Waals surface area (Å²) in [4.78, 5) is 13.8. The molecule has 4 heteroatoms. The Kier molecular flexibility index (Phi) is 4.85. The Morgan fingerprint density at radius 1 is 0.571 bits per heavy atom. The fraction of sp³-hybridized carbons (Fsp3) is 0.125. The first-order valence-corrected chi connectivity index (χ1v) is 9.22. The van der Waals surface area contributed by atoms with Crippen LogP contribution < -0.4 is 4.74 Å². The molecule has 1 heterocycles. The first-order chi connectivity index (χ1) is 13.6. The molecule has 0 unspecified atom stereocenters. The summed E-state index contributed by atoms with van der Waals surface area (Å²) >= 11 is 0. The molecular formula is C24H21N3O. The minimum atomic E-state index is 0.287. The average Bonchev–Trinajstić information content (AvgIpc) is 2.71. The Morgan fingerprint density at radius 2 is 1.07 bits per heavy atom. The van der Waals surface area contributed by atoms with Gasteiger partial charge in [0, 0.05) is 11.1 Å². The molecule has 0 atom stereocenters. The van der Waals surface area contributed by atoms with Gasteiger partial charge in [-0.25, -0.2) is 4.98 Å². The standard InChI is InChI=1S/C24H21N3O/c1-16-8-12-19(13-9-16)22-25-23(20-14-10-17(2)11-15-20)27-24(26-22)28-21-7-5-4-6-18(21)3/h4-15H,1-3H3. The van der Waals surface area contributed by atoms with Gasteiger partial charge in [0.25, 0.3) is 0 Å². The zero-order valence-electron chi connectivity index (χ0n) is 16.2. The predicted molar refractivity (Wildman–Crippen MR) is 111 cm³/mol. The molecule has 0 bridgehead atoms. The van der Waals surface area contributed by atoms with Crippen LogP contribution in [-0.4, -0.2) is 15.0 Å². The van der Waals surface area contributed by atoms with Gasteiger partial charge in [0.2, 0.25) is 0 Å². The molecule has 3 aromatic carbocycles. The van der Waals surface area contributed by atoms with Crippen LogP contribution in [0, 0.1) is 20.8 Å². The van der Waals surface area contributed by atoms with Crippen molar-refractivity contribution in [2.24, 2.45) is 0 Å². The van der Waals surface area contributed by atoms with Crippen LogP contribution in [0.25, 0.3) is 22.8 Å². The Morgan fingerprint density at radius 3 is 1.57 bits per heavy atom. The second-order valence-electron chi connectivity index (χ2n) is 6.86. The number of benzene rings is 3.